The zero-order valence-electron chi connectivity index (χ0n) is 22.4. The lowest BCUT2D eigenvalue weighted by Crippen LogP contribution is -2.40. The number of nitrogens with one attached hydrogen (secondary N) is 1. The number of aromatic nitrogens is 4. The van der Waals surface area contributed by atoms with Crippen LogP contribution in [0.1, 0.15) is 48.9 Å². The van der Waals surface area contributed by atoms with Crippen LogP contribution >= 0.6 is 0 Å². The predicted octanol–water partition coefficient (Wildman–Crippen LogP) is 2.24. The van der Waals surface area contributed by atoms with Crippen LogP contribution in [-0.4, -0.2) is 83.5 Å². The Morgan fingerprint density at radius 1 is 1.05 bits per heavy atom. The summed E-state index contributed by atoms with van der Waals surface area (Å²) in [6.45, 7) is 0.797. The lowest BCUT2D eigenvalue weighted by molar-refractivity contribution is -0.0223. The van der Waals surface area contributed by atoms with Crippen molar-refractivity contribution in [2.75, 3.05) is 53.1 Å². The van der Waals surface area contributed by atoms with E-state index in [1.165, 1.54) is 31.3 Å². The van der Waals surface area contributed by atoms with Crippen LogP contribution < -0.4 is 20.3 Å². The number of carbonyl (C=O) groups is 1. The Morgan fingerprint density at radius 2 is 1.73 bits per heavy atom. The quantitative estimate of drug-likeness (QED) is 0.358. The molecule has 220 valence electrons. The topological polar surface area (TPSA) is 159 Å². The van der Waals surface area contributed by atoms with Crippen molar-refractivity contribution in [3.8, 4) is 11.3 Å². The van der Waals surface area contributed by atoms with Gasteiger partial charge in [0.15, 0.2) is 5.65 Å². The molecule has 2 aromatic heterocycles. The fourth-order valence-electron chi connectivity index (χ4n) is 5.88. The first-order chi connectivity index (χ1) is 19.5. The van der Waals surface area contributed by atoms with E-state index < -0.39 is 34.2 Å². The van der Waals surface area contributed by atoms with Gasteiger partial charge >= 0.3 is 0 Å². The van der Waals surface area contributed by atoms with E-state index in [2.05, 4.69) is 14.9 Å². The van der Waals surface area contributed by atoms with Crippen LogP contribution in [0.3, 0.4) is 0 Å². The number of nitrogens with zero attached hydrogens (tertiary/aromatic N) is 6. The Kier molecular flexibility index (Phi) is 6.76. The number of primary amides is 1. The van der Waals surface area contributed by atoms with Gasteiger partial charge in [-0.05, 0) is 43.2 Å². The predicted molar refractivity (Wildman–Crippen MR) is 149 cm³/mol. The number of fused-ring (bicyclic) bond motifs is 1. The number of halogens is 2. The van der Waals surface area contributed by atoms with Gasteiger partial charge in [0, 0.05) is 50.7 Å². The molecule has 41 heavy (non-hydrogen) atoms. The average molecular weight is 591 g/mol. The Balaban J connectivity index is 1.54. The molecular formula is C26H32F2N8O4S. The van der Waals surface area contributed by atoms with Crippen LogP contribution in [0.15, 0.2) is 24.5 Å². The van der Waals surface area contributed by atoms with Crippen LogP contribution in [-0.2, 0) is 10.0 Å². The molecule has 12 nitrogen and oxygen atoms in total. The molecule has 3 aliphatic rings. The van der Waals surface area contributed by atoms with Crippen LogP contribution in [0.25, 0.3) is 16.9 Å². The number of aliphatic hydroxyl groups is 1. The highest BCUT2D eigenvalue weighted by Gasteiger charge is 2.45. The van der Waals surface area contributed by atoms with Gasteiger partial charge in [0.2, 0.25) is 16.0 Å². The summed E-state index contributed by atoms with van der Waals surface area (Å²) < 4.78 is 57.8. The van der Waals surface area contributed by atoms with E-state index in [1.54, 1.807) is 15.4 Å². The standard InChI is InChI=1S/C26H32F2N8O4S/c27-26(28)7-11-35(12-8-26)24-31-19(15-20-32-30-16-36(20)24)21-18(33-41(39,40)14-13-37)2-1-17(23(29)38)22(21)34-9-5-25(3-4-25)6-10-34/h1-2,15-16,33,37H,3-14H2,(H2,29,38). The molecule has 1 saturated carbocycles. The Hall–Kier alpha value is -3.59. The number of amides is 1. The number of aliphatic hydroxyl groups excluding tert-OH is 1. The summed E-state index contributed by atoms with van der Waals surface area (Å²) in [6, 6.07) is 4.56. The van der Waals surface area contributed by atoms with Gasteiger partial charge in [-0.15, -0.1) is 10.2 Å². The summed E-state index contributed by atoms with van der Waals surface area (Å²) in [5.41, 5.74) is 7.95. The zero-order chi connectivity index (χ0) is 29.0. The minimum Gasteiger partial charge on any atom is -0.395 e. The highest BCUT2D eigenvalue weighted by atomic mass is 32.2. The van der Waals surface area contributed by atoms with E-state index in [0.717, 1.165) is 12.8 Å². The number of hydrogen-bond donors (Lipinski definition) is 3. The minimum absolute atomic E-state index is 0.0507. The van der Waals surface area contributed by atoms with Gasteiger partial charge in [0.05, 0.1) is 35.0 Å². The van der Waals surface area contributed by atoms with Crippen LogP contribution in [0.5, 0.6) is 0 Å². The number of piperidine rings is 2. The molecule has 4 heterocycles. The Morgan fingerprint density at radius 3 is 2.37 bits per heavy atom. The molecule has 0 unspecified atom stereocenters. The third kappa shape index (κ3) is 5.39. The minimum atomic E-state index is -3.97. The first-order valence-corrected chi connectivity index (χ1v) is 15.3. The van der Waals surface area contributed by atoms with Crippen molar-refractivity contribution in [2.24, 2.45) is 11.1 Å². The lowest BCUT2D eigenvalue weighted by Gasteiger charge is -2.36. The molecule has 1 amide bonds. The average Bonchev–Trinajstić information content (AvgIpc) is 3.49. The first-order valence-electron chi connectivity index (χ1n) is 13.7. The maximum Gasteiger partial charge on any atom is 0.251 e. The van der Waals surface area contributed by atoms with Crippen molar-refractivity contribution in [1.29, 1.82) is 0 Å². The summed E-state index contributed by atoms with van der Waals surface area (Å²) in [5.74, 6) is -3.66. The van der Waals surface area contributed by atoms with Crippen molar-refractivity contribution in [3.63, 3.8) is 0 Å². The molecule has 0 atom stereocenters. The third-order valence-electron chi connectivity index (χ3n) is 8.48. The van der Waals surface area contributed by atoms with E-state index in [1.807, 2.05) is 4.90 Å². The van der Waals surface area contributed by atoms with E-state index in [4.69, 9.17) is 10.7 Å². The van der Waals surface area contributed by atoms with E-state index >= 15 is 0 Å². The number of nitrogens with two attached hydrogens (primary N) is 1. The van der Waals surface area contributed by atoms with Crippen LogP contribution in [0.4, 0.5) is 26.1 Å². The second-order valence-corrected chi connectivity index (χ2v) is 13.1. The van der Waals surface area contributed by atoms with Crippen molar-refractivity contribution in [2.45, 2.75) is 44.4 Å². The molecule has 3 aromatic rings. The van der Waals surface area contributed by atoms with Gasteiger partial charge in [0.1, 0.15) is 6.33 Å². The van der Waals surface area contributed by atoms with Gasteiger partial charge in [-0.3, -0.25) is 13.9 Å². The maximum atomic E-state index is 14.0. The fraction of sp³-hybridized carbons (Fsp3) is 0.538. The van der Waals surface area contributed by atoms with Crippen LogP contribution in [0.2, 0.25) is 0 Å². The van der Waals surface area contributed by atoms with Crippen molar-refractivity contribution in [3.05, 3.63) is 30.1 Å². The number of sulfonamides is 1. The maximum absolute atomic E-state index is 14.0. The van der Waals surface area contributed by atoms with E-state index in [9.17, 15) is 27.1 Å². The van der Waals surface area contributed by atoms with Crippen molar-refractivity contribution in [1.82, 2.24) is 19.6 Å². The fourth-order valence-corrected chi connectivity index (χ4v) is 6.73. The molecular weight excluding hydrogens is 558 g/mol. The highest BCUT2D eigenvalue weighted by molar-refractivity contribution is 7.92. The van der Waals surface area contributed by atoms with Gasteiger partial charge in [-0.2, -0.15) is 0 Å². The Labute approximate surface area is 235 Å². The number of benzene rings is 1. The third-order valence-corrected chi connectivity index (χ3v) is 9.73. The van der Waals surface area contributed by atoms with Crippen molar-refractivity contribution >= 4 is 38.9 Å². The summed E-state index contributed by atoms with van der Waals surface area (Å²) in [6.07, 6.45) is 4.95. The van der Waals surface area contributed by atoms with Gasteiger partial charge in [-0.25, -0.2) is 22.2 Å². The normalized spacial score (nSPS) is 20.0. The molecule has 2 saturated heterocycles. The molecule has 2 aliphatic heterocycles. The largest absolute Gasteiger partial charge is 0.395 e. The number of rotatable bonds is 8. The molecule has 1 spiro atoms. The molecule has 0 radical (unpaired) electrons. The molecule has 0 bridgehead atoms. The molecule has 15 heteroatoms. The zero-order valence-corrected chi connectivity index (χ0v) is 23.2. The SMILES string of the molecule is NC(=O)c1ccc(NS(=O)(=O)CCO)c(-c2cc3nncn3c(N3CCC(F)(F)CC3)n2)c1N1CCC2(CC1)CC2. The number of alkyl halides is 2. The lowest BCUT2D eigenvalue weighted by atomic mass is 9.91. The highest BCUT2D eigenvalue weighted by Crippen LogP contribution is 2.55. The smallest absolute Gasteiger partial charge is 0.251 e. The molecule has 3 fully saturated rings. The number of carbonyl (C=O) groups excluding carboxylic acids is 1. The second kappa shape index (κ2) is 10.0. The Bertz CT molecular complexity index is 1590. The van der Waals surface area contributed by atoms with Crippen molar-refractivity contribution < 1.29 is 27.1 Å². The van der Waals surface area contributed by atoms with Gasteiger partial charge in [0.25, 0.3) is 11.8 Å². The molecule has 6 rings (SSSR count). The summed E-state index contributed by atoms with van der Waals surface area (Å²) >= 11 is 0. The van der Waals surface area contributed by atoms with E-state index in [-0.39, 0.29) is 42.9 Å². The number of anilines is 3. The van der Waals surface area contributed by atoms with Gasteiger partial charge < -0.3 is 20.6 Å². The molecule has 1 aromatic carbocycles. The number of hydrogen-bond acceptors (Lipinski definition) is 9. The summed E-state index contributed by atoms with van der Waals surface area (Å²) in [5, 5.41) is 17.5. The first kappa shape index (κ1) is 27.6. The molecule has 1 aliphatic carbocycles. The van der Waals surface area contributed by atoms with Crippen LogP contribution in [0, 0.1) is 5.41 Å². The molecule has 4 N–H and O–H groups in total. The monoisotopic (exact) mass is 590 g/mol. The summed E-state index contributed by atoms with van der Waals surface area (Å²) in [4.78, 5) is 21.3. The van der Waals surface area contributed by atoms with E-state index in [0.29, 0.717) is 41.4 Å². The second-order valence-electron chi connectivity index (χ2n) is 11.2. The summed E-state index contributed by atoms with van der Waals surface area (Å²) in [7, 11) is -3.97. The van der Waals surface area contributed by atoms with Gasteiger partial charge in [-0.1, -0.05) is 0 Å².